The molecule has 0 saturated heterocycles. The highest BCUT2D eigenvalue weighted by Crippen LogP contribution is 2.22. The Morgan fingerprint density at radius 3 is 2.64 bits per heavy atom. The highest BCUT2D eigenvalue weighted by molar-refractivity contribution is 7.99. The van der Waals surface area contributed by atoms with E-state index in [0.29, 0.717) is 33.3 Å². The maximum atomic E-state index is 13.1. The molecule has 146 valence electrons. The van der Waals surface area contributed by atoms with Gasteiger partial charge in [-0.05, 0) is 42.8 Å². The summed E-state index contributed by atoms with van der Waals surface area (Å²) in [6.07, 6.45) is 3.17. The van der Waals surface area contributed by atoms with Gasteiger partial charge in [-0.1, -0.05) is 55.3 Å². The number of unbranched alkanes of at least 4 members (excludes halogenated alkanes) is 2. The zero-order valence-electron chi connectivity index (χ0n) is 15.7. The predicted molar refractivity (Wildman–Crippen MR) is 116 cm³/mol. The van der Waals surface area contributed by atoms with E-state index in [9.17, 15) is 9.59 Å². The smallest absolute Gasteiger partial charge is 0.266 e. The number of thioether (sulfide) groups is 1. The molecule has 0 aliphatic heterocycles. The van der Waals surface area contributed by atoms with Gasteiger partial charge in [-0.15, -0.1) is 0 Å². The number of nitrogens with zero attached hydrogens (tertiary/aromatic N) is 2. The number of rotatable bonds is 8. The lowest BCUT2D eigenvalue weighted by Crippen LogP contribution is -2.27. The Kier molecular flexibility index (Phi) is 7.12. The van der Waals surface area contributed by atoms with Gasteiger partial charge in [-0.25, -0.2) is 4.98 Å². The number of benzene rings is 2. The number of carbonyl (C=O) groups is 1. The van der Waals surface area contributed by atoms with Gasteiger partial charge in [0.05, 0.1) is 22.3 Å². The van der Waals surface area contributed by atoms with Crippen molar-refractivity contribution in [2.24, 2.45) is 0 Å². The van der Waals surface area contributed by atoms with Crippen LogP contribution in [0.4, 0.5) is 0 Å². The molecule has 0 bridgehead atoms. The average Bonchev–Trinajstić information content (AvgIpc) is 2.71. The van der Waals surface area contributed by atoms with Crippen molar-refractivity contribution >= 4 is 40.2 Å². The minimum Gasteiger partial charge on any atom is -0.355 e. The number of aromatic nitrogens is 2. The number of halogens is 1. The fourth-order valence-electron chi connectivity index (χ4n) is 2.81. The highest BCUT2D eigenvalue weighted by Gasteiger charge is 2.14. The van der Waals surface area contributed by atoms with Crippen molar-refractivity contribution in [1.29, 1.82) is 0 Å². The Balaban J connectivity index is 1.89. The van der Waals surface area contributed by atoms with Gasteiger partial charge in [0, 0.05) is 11.6 Å². The summed E-state index contributed by atoms with van der Waals surface area (Å²) in [4.78, 5) is 29.9. The van der Waals surface area contributed by atoms with E-state index in [-0.39, 0.29) is 17.2 Å². The molecule has 28 heavy (non-hydrogen) atoms. The molecule has 5 nitrogen and oxygen atoms in total. The van der Waals surface area contributed by atoms with Crippen LogP contribution < -0.4 is 10.9 Å². The molecule has 0 spiro atoms. The molecule has 0 radical (unpaired) electrons. The van der Waals surface area contributed by atoms with Crippen molar-refractivity contribution in [3.63, 3.8) is 0 Å². The maximum Gasteiger partial charge on any atom is 0.266 e. The molecule has 0 unspecified atom stereocenters. The van der Waals surface area contributed by atoms with Crippen molar-refractivity contribution in [3.05, 3.63) is 63.9 Å². The lowest BCUT2D eigenvalue weighted by atomic mass is 10.2. The van der Waals surface area contributed by atoms with Gasteiger partial charge in [-0.3, -0.25) is 14.2 Å². The van der Waals surface area contributed by atoms with Gasteiger partial charge >= 0.3 is 0 Å². The summed E-state index contributed by atoms with van der Waals surface area (Å²) in [6, 6.07) is 14.2. The molecule has 7 heteroatoms. The van der Waals surface area contributed by atoms with E-state index >= 15 is 0 Å². The third kappa shape index (κ3) is 4.94. The van der Waals surface area contributed by atoms with Crippen LogP contribution in [-0.2, 0) is 4.79 Å². The fourth-order valence-corrected chi connectivity index (χ4v) is 3.78. The fraction of sp³-hybridized carbons (Fsp3) is 0.286. The van der Waals surface area contributed by atoms with Crippen molar-refractivity contribution in [2.75, 3.05) is 12.3 Å². The van der Waals surface area contributed by atoms with Gasteiger partial charge in [0.25, 0.3) is 5.56 Å². The molecule has 1 N–H and O–H groups in total. The van der Waals surface area contributed by atoms with E-state index in [4.69, 9.17) is 11.6 Å². The summed E-state index contributed by atoms with van der Waals surface area (Å²) < 4.78 is 1.54. The minimum absolute atomic E-state index is 0.0637. The number of carbonyl (C=O) groups excluding carboxylic acids is 1. The molecule has 1 amide bonds. The monoisotopic (exact) mass is 415 g/mol. The first-order chi connectivity index (χ1) is 13.6. The van der Waals surface area contributed by atoms with Crippen LogP contribution in [-0.4, -0.2) is 27.8 Å². The Bertz CT molecular complexity index is 1020. The van der Waals surface area contributed by atoms with Gasteiger partial charge < -0.3 is 5.32 Å². The number of nitrogens with one attached hydrogen (secondary N) is 1. The maximum absolute atomic E-state index is 13.1. The number of fused-ring (bicyclic) bond motifs is 1. The second-order valence-electron chi connectivity index (χ2n) is 6.37. The van der Waals surface area contributed by atoms with Crippen LogP contribution in [0.2, 0.25) is 5.02 Å². The first kappa shape index (κ1) is 20.4. The molecular weight excluding hydrogens is 394 g/mol. The molecule has 0 aliphatic carbocycles. The molecule has 0 saturated carbocycles. The second kappa shape index (κ2) is 9.75. The van der Waals surface area contributed by atoms with Gasteiger partial charge in [0.1, 0.15) is 0 Å². The predicted octanol–water partition coefficient (Wildman–Crippen LogP) is 4.44. The first-order valence-corrected chi connectivity index (χ1v) is 10.6. The van der Waals surface area contributed by atoms with Crippen LogP contribution in [0.1, 0.15) is 26.2 Å². The minimum atomic E-state index is -0.168. The second-order valence-corrected chi connectivity index (χ2v) is 7.75. The van der Waals surface area contributed by atoms with Crippen molar-refractivity contribution in [3.8, 4) is 5.69 Å². The summed E-state index contributed by atoms with van der Waals surface area (Å²) in [7, 11) is 0. The van der Waals surface area contributed by atoms with Gasteiger partial charge in [-0.2, -0.15) is 0 Å². The molecule has 2 aromatic carbocycles. The lowest BCUT2D eigenvalue weighted by Gasteiger charge is -2.13. The van der Waals surface area contributed by atoms with E-state index in [1.807, 2.05) is 12.1 Å². The Labute approximate surface area is 173 Å². The van der Waals surface area contributed by atoms with Crippen molar-refractivity contribution in [2.45, 2.75) is 31.3 Å². The van der Waals surface area contributed by atoms with E-state index in [1.54, 1.807) is 36.4 Å². The van der Waals surface area contributed by atoms with Crippen LogP contribution in [0, 0.1) is 0 Å². The quantitative estimate of drug-likeness (QED) is 0.335. The summed E-state index contributed by atoms with van der Waals surface area (Å²) in [6.45, 7) is 2.79. The zero-order valence-corrected chi connectivity index (χ0v) is 17.2. The highest BCUT2D eigenvalue weighted by atomic mass is 35.5. The van der Waals surface area contributed by atoms with Crippen molar-refractivity contribution < 1.29 is 4.79 Å². The normalized spacial score (nSPS) is 10.9. The Hall–Kier alpha value is -2.31. The third-order valence-corrected chi connectivity index (χ3v) is 5.46. The number of hydrogen-bond donors (Lipinski definition) is 1. The topological polar surface area (TPSA) is 64.0 Å². The van der Waals surface area contributed by atoms with Crippen LogP contribution in [0.5, 0.6) is 0 Å². The van der Waals surface area contributed by atoms with E-state index in [1.165, 1.54) is 16.3 Å². The van der Waals surface area contributed by atoms with Crippen molar-refractivity contribution in [1.82, 2.24) is 14.9 Å². The molecule has 0 fully saturated rings. The SMILES string of the molecule is CCCCCNC(=O)CSc1nc2ccccc2c(=O)n1-c1ccc(Cl)cc1. The summed E-state index contributed by atoms with van der Waals surface area (Å²) in [5.74, 6) is 0.135. The molecule has 0 aliphatic rings. The van der Waals surface area contributed by atoms with Crippen LogP contribution in [0.25, 0.3) is 16.6 Å². The van der Waals surface area contributed by atoms with Gasteiger partial charge in [0.2, 0.25) is 5.91 Å². The number of amides is 1. The van der Waals surface area contributed by atoms with E-state index < -0.39 is 0 Å². The Morgan fingerprint density at radius 2 is 1.89 bits per heavy atom. The largest absolute Gasteiger partial charge is 0.355 e. The number of hydrogen-bond acceptors (Lipinski definition) is 4. The van der Waals surface area contributed by atoms with E-state index in [2.05, 4.69) is 17.2 Å². The molecule has 3 aromatic rings. The molecule has 1 aromatic heterocycles. The summed E-state index contributed by atoms with van der Waals surface area (Å²) in [5.41, 5.74) is 1.11. The molecule has 0 atom stereocenters. The summed E-state index contributed by atoms with van der Waals surface area (Å²) in [5, 5.41) is 4.52. The summed E-state index contributed by atoms with van der Waals surface area (Å²) >= 11 is 7.24. The van der Waals surface area contributed by atoms with E-state index in [0.717, 1.165) is 19.3 Å². The van der Waals surface area contributed by atoms with Crippen LogP contribution in [0.15, 0.2) is 58.5 Å². The lowest BCUT2D eigenvalue weighted by molar-refractivity contribution is -0.118. The van der Waals surface area contributed by atoms with Gasteiger partial charge in [0.15, 0.2) is 5.16 Å². The third-order valence-electron chi connectivity index (χ3n) is 4.26. The molecule has 3 rings (SSSR count). The first-order valence-electron chi connectivity index (χ1n) is 9.27. The standard InChI is InChI=1S/C21H22ClN3O2S/c1-2-3-6-13-23-19(26)14-28-21-24-18-8-5-4-7-17(18)20(27)25(21)16-11-9-15(22)10-12-16/h4-5,7-12H,2-3,6,13-14H2,1H3,(H,23,26). The average molecular weight is 416 g/mol. The Morgan fingerprint density at radius 1 is 1.14 bits per heavy atom. The molecule has 1 heterocycles. The molecular formula is C21H22ClN3O2S. The van der Waals surface area contributed by atoms with Crippen LogP contribution in [0.3, 0.4) is 0 Å². The van der Waals surface area contributed by atoms with Crippen LogP contribution >= 0.6 is 23.4 Å². The number of para-hydroxylation sites is 1. The zero-order chi connectivity index (χ0) is 19.9.